The number of fused-ring (bicyclic) bond motifs is 1. The van der Waals surface area contributed by atoms with Crippen LogP contribution in [-0.2, 0) is 16.6 Å². The largest absolute Gasteiger partial charge is 0.508 e. The number of rotatable bonds is 5. The molecule has 29 heavy (non-hydrogen) atoms. The quantitative estimate of drug-likeness (QED) is 0.622. The average molecular weight is 414 g/mol. The molecule has 2 aromatic carbocycles. The second-order valence-corrected chi connectivity index (χ2v) is 9.10. The third-order valence-electron chi connectivity index (χ3n) is 5.26. The van der Waals surface area contributed by atoms with E-state index in [0.29, 0.717) is 30.8 Å². The third-order valence-corrected chi connectivity index (χ3v) is 7.17. The maximum absolute atomic E-state index is 12.6. The topological polar surface area (TPSA) is 99.9 Å². The van der Waals surface area contributed by atoms with Crippen LogP contribution in [0.25, 0.3) is 11.0 Å². The van der Waals surface area contributed by atoms with Gasteiger partial charge in [0.1, 0.15) is 11.3 Å². The Morgan fingerprint density at radius 3 is 2.48 bits per heavy atom. The van der Waals surface area contributed by atoms with Gasteiger partial charge in [0, 0.05) is 42.3 Å². The number of sulfonamides is 1. The van der Waals surface area contributed by atoms with E-state index in [2.05, 4.69) is 5.32 Å². The van der Waals surface area contributed by atoms with Gasteiger partial charge in [-0.3, -0.25) is 0 Å². The van der Waals surface area contributed by atoms with Crippen molar-refractivity contribution in [3.05, 3.63) is 64.0 Å². The zero-order valence-electron chi connectivity index (χ0n) is 16.0. The highest BCUT2D eigenvalue weighted by atomic mass is 32.2. The summed E-state index contributed by atoms with van der Waals surface area (Å²) in [7, 11) is -3.44. The number of aromatic hydroxyl groups is 1. The Balaban J connectivity index is 1.56. The minimum atomic E-state index is -3.44. The Morgan fingerprint density at radius 1 is 1.10 bits per heavy atom. The van der Waals surface area contributed by atoms with Crippen LogP contribution in [0, 0.1) is 6.92 Å². The Hall–Kier alpha value is -2.84. The highest BCUT2D eigenvalue weighted by molar-refractivity contribution is 7.89. The predicted octanol–water partition coefficient (Wildman–Crippen LogP) is 3.20. The number of hydrogen-bond donors (Lipinski definition) is 2. The van der Waals surface area contributed by atoms with Crippen LogP contribution in [0.3, 0.4) is 0 Å². The van der Waals surface area contributed by atoms with Crippen LogP contribution in [0.5, 0.6) is 5.75 Å². The van der Waals surface area contributed by atoms with Gasteiger partial charge in [-0.25, -0.2) is 13.2 Å². The Morgan fingerprint density at radius 2 is 1.79 bits per heavy atom. The fraction of sp³-hybridized carbons (Fsp3) is 0.286. The number of anilines is 1. The molecule has 2 N–H and O–H groups in total. The second kappa shape index (κ2) is 7.53. The maximum atomic E-state index is 12.6. The first-order valence-corrected chi connectivity index (χ1v) is 10.9. The number of phenols is 1. The zero-order valence-corrected chi connectivity index (χ0v) is 16.8. The van der Waals surface area contributed by atoms with Crippen molar-refractivity contribution >= 4 is 26.7 Å². The number of phenolic OH excluding ortho intramolecular Hbond substituents is 1. The van der Waals surface area contributed by atoms with E-state index in [-0.39, 0.29) is 10.6 Å². The smallest absolute Gasteiger partial charge is 0.336 e. The first-order chi connectivity index (χ1) is 13.9. The van der Waals surface area contributed by atoms with Gasteiger partial charge in [0.15, 0.2) is 0 Å². The molecule has 8 heteroatoms. The van der Waals surface area contributed by atoms with Crippen molar-refractivity contribution < 1.29 is 17.9 Å². The van der Waals surface area contributed by atoms with Crippen LogP contribution in [-0.4, -0.2) is 30.9 Å². The summed E-state index contributed by atoms with van der Waals surface area (Å²) in [6, 6.07) is 11.3. The van der Waals surface area contributed by atoms with Crippen molar-refractivity contribution in [1.82, 2.24) is 4.31 Å². The van der Waals surface area contributed by atoms with Gasteiger partial charge in [-0.05, 0) is 61.7 Å². The monoisotopic (exact) mass is 414 g/mol. The molecule has 4 rings (SSSR count). The highest BCUT2D eigenvalue weighted by Crippen LogP contribution is 2.28. The summed E-state index contributed by atoms with van der Waals surface area (Å²) in [5, 5.41) is 13.8. The summed E-state index contributed by atoms with van der Waals surface area (Å²) >= 11 is 0. The van der Waals surface area contributed by atoms with Crippen molar-refractivity contribution in [2.45, 2.75) is 31.2 Å². The van der Waals surface area contributed by atoms with Gasteiger partial charge in [0.05, 0.1) is 4.90 Å². The average Bonchev–Trinajstić information content (AvgIpc) is 3.25. The number of aryl methyl sites for hydroxylation is 1. The van der Waals surface area contributed by atoms with E-state index < -0.39 is 15.6 Å². The molecule has 0 unspecified atom stereocenters. The molecule has 0 saturated carbocycles. The van der Waals surface area contributed by atoms with Crippen molar-refractivity contribution in [2.24, 2.45) is 0 Å². The summed E-state index contributed by atoms with van der Waals surface area (Å²) in [4.78, 5) is 12.2. The SMILES string of the molecule is Cc1c(O)ccc2c(CNc3ccc(S(=O)(=O)N4CCCC4)cc3)cc(=O)oc12. The fourth-order valence-corrected chi connectivity index (χ4v) is 5.10. The standard InChI is InChI=1S/C21H22N2O5S/c1-14-19(24)9-8-18-15(12-20(25)28-21(14)18)13-22-16-4-6-17(7-5-16)29(26,27)23-10-2-3-11-23/h4-9,12,22,24H,2-3,10-11,13H2,1H3. The van der Waals surface area contributed by atoms with Crippen LogP contribution in [0.15, 0.2) is 56.6 Å². The molecule has 1 aliphatic heterocycles. The van der Waals surface area contributed by atoms with Gasteiger partial charge in [-0.15, -0.1) is 0 Å². The van der Waals surface area contributed by atoms with E-state index in [1.54, 1.807) is 43.3 Å². The summed E-state index contributed by atoms with van der Waals surface area (Å²) in [5.41, 5.74) is 1.85. The lowest BCUT2D eigenvalue weighted by molar-refractivity contribution is 0.468. The first kappa shape index (κ1) is 19.5. The zero-order chi connectivity index (χ0) is 20.6. The highest BCUT2D eigenvalue weighted by Gasteiger charge is 2.26. The molecule has 0 radical (unpaired) electrons. The number of benzene rings is 2. The first-order valence-electron chi connectivity index (χ1n) is 9.45. The van der Waals surface area contributed by atoms with E-state index in [0.717, 1.165) is 29.5 Å². The summed E-state index contributed by atoms with van der Waals surface area (Å²) in [6.45, 7) is 3.18. The van der Waals surface area contributed by atoms with Gasteiger partial charge in [-0.1, -0.05) is 0 Å². The van der Waals surface area contributed by atoms with Crippen molar-refractivity contribution in [3.63, 3.8) is 0 Å². The van der Waals surface area contributed by atoms with Gasteiger partial charge in [-0.2, -0.15) is 4.31 Å². The van der Waals surface area contributed by atoms with Crippen molar-refractivity contribution in [1.29, 1.82) is 0 Å². The molecule has 0 spiro atoms. The molecular weight excluding hydrogens is 392 g/mol. The van der Waals surface area contributed by atoms with E-state index in [1.165, 1.54) is 10.4 Å². The fourth-order valence-electron chi connectivity index (χ4n) is 3.58. The van der Waals surface area contributed by atoms with Gasteiger partial charge in [0.25, 0.3) is 0 Å². The van der Waals surface area contributed by atoms with Crippen molar-refractivity contribution in [3.8, 4) is 5.75 Å². The molecule has 1 aromatic heterocycles. The maximum Gasteiger partial charge on any atom is 0.336 e. The number of hydrogen-bond acceptors (Lipinski definition) is 6. The lowest BCUT2D eigenvalue weighted by Crippen LogP contribution is -2.27. The minimum absolute atomic E-state index is 0.0700. The molecule has 0 aliphatic carbocycles. The van der Waals surface area contributed by atoms with Crippen molar-refractivity contribution in [2.75, 3.05) is 18.4 Å². The molecule has 152 valence electrons. The third kappa shape index (κ3) is 3.73. The van der Waals surface area contributed by atoms with E-state index in [9.17, 15) is 18.3 Å². The van der Waals surface area contributed by atoms with Crippen LogP contribution in [0.4, 0.5) is 5.69 Å². The molecule has 7 nitrogen and oxygen atoms in total. The normalized spacial score (nSPS) is 15.1. The Kier molecular flexibility index (Phi) is 5.06. The molecule has 2 heterocycles. The Bertz CT molecular complexity index is 1210. The van der Waals surface area contributed by atoms with E-state index in [1.807, 2.05) is 0 Å². The molecule has 1 saturated heterocycles. The molecule has 0 atom stereocenters. The molecular formula is C21H22N2O5S. The molecule has 1 fully saturated rings. The Labute approximate surface area is 168 Å². The summed E-state index contributed by atoms with van der Waals surface area (Å²) < 4.78 is 32.0. The molecule has 1 aliphatic rings. The number of nitrogens with zero attached hydrogens (tertiary/aromatic N) is 1. The summed E-state index contributed by atoms with van der Waals surface area (Å²) in [5.74, 6) is 0.0700. The molecule has 3 aromatic rings. The van der Waals surface area contributed by atoms with Gasteiger partial charge < -0.3 is 14.8 Å². The minimum Gasteiger partial charge on any atom is -0.508 e. The predicted molar refractivity (Wildman–Crippen MR) is 111 cm³/mol. The van der Waals surface area contributed by atoms with Crippen LogP contribution >= 0.6 is 0 Å². The molecule has 0 amide bonds. The number of nitrogens with one attached hydrogen (secondary N) is 1. The van der Waals surface area contributed by atoms with Gasteiger partial charge >= 0.3 is 5.63 Å². The molecule has 0 bridgehead atoms. The lowest BCUT2D eigenvalue weighted by atomic mass is 10.1. The van der Waals surface area contributed by atoms with Crippen LogP contribution in [0.1, 0.15) is 24.0 Å². The lowest BCUT2D eigenvalue weighted by Gasteiger charge is -2.16. The second-order valence-electron chi connectivity index (χ2n) is 7.17. The summed E-state index contributed by atoms with van der Waals surface area (Å²) in [6.07, 6.45) is 1.80. The van der Waals surface area contributed by atoms with E-state index >= 15 is 0 Å². The van der Waals surface area contributed by atoms with Gasteiger partial charge in [0.2, 0.25) is 10.0 Å². The van der Waals surface area contributed by atoms with Crippen LogP contribution < -0.4 is 10.9 Å². The van der Waals surface area contributed by atoms with E-state index in [4.69, 9.17) is 4.42 Å². The van der Waals surface area contributed by atoms with Crippen LogP contribution in [0.2, 0.25) is 0 Å².